The number of hydrogen-bond acceptors (Lipinski definition) is 2. The lowest BCUT2D eigenvalue weighted by Gasteiger charge is -2.12. The maximum Gasteiger partial charge on any atom is 0.162 e. The number of benzene rings is 3. The molecular formula is C25H18ClN3. The van der Waals surface area contributed by atoms with Crippen LogP contribution >= 0.6 is 11.6 Å². The SMILES string of the molecule is Cc1cc(-c2ccccc2)n(-c2nc(-c3ccc(Cl)cc3)cc3ccccc23)n1. The van der Waals surface area contributed by atoms with Gasteiger partial charge >= 0.3 is 0 Å². The lowest BCUT2D eigenvalue weighted by atomic mass is 10.1. The lowest BCUT2D eigenvalue weighted by molar-refractivity contribution is 0.848. The van der Waals surface area contributed by atoms with E-state index in [0.29, 0.717) is 5.02 Å². The second kappa shape index (κ2) is 7.19. The van der Waals surface area contributed by atoms with Gasteiger partial charge in [-0.2, -0.15) is 5.10 Å². The minimum atomic E-state index is 0.712. The van der Waals surface area contributed by atoms with E-state index in [1.165, 1.54) is 0 Å². The number of nitrogens with zero attached hydrogens (tertiary/aromatic N) is 3. The van der Waals surface area contributed by atoms with Crippen molar-refractivity contribution in [2.45, 2.75) is 6.92 Å². The molecule has 2 heterocycles. The molecule has 0 amide bonds. The molecular weight excluding hydrogens is 378 g/mol. The number of hydrogen-bond donors (Lipinski definition) is 0. The fraction of sp³-hybridized carbons (Fsp3) is 0.0400. The monoisotopic (exact) mass is 395 g/mol. The van der Waals surface area contributed by atoms with Crippen molar-refractivity contribution in [2.75, 3.05) is 0 Å². The molecule has 4 heteroatoms. The van der Waals surface area contributed by atoms with Crippen molar-refractivity contribution in [3.63, 3.8) is 0 Å². The van der Waals surface area contributed by atoms with E-state index in [4.69, 9.17) is 21.7 Å². The highest BCUT2D eigenvalue weighted by Crippen LogP contribution is 2.31. The van der Waals surface area contributed by atoms with Gasteiger partial charge in [-0.25, -0.2) is 9.67 Å². The minimum Gasteiger partial charge on any atom is -0.228 e. The van der Waals surface area contributed by atoms with Crippen molar-refractivity contribution < 1.29 is 0 Å². The van der Waals surface area contributed by atoms with Crippen molar-refractivity contribution in [3.05, 3.63) is 102 Å². The van der Waals surface area contributed by atoms with Gasteiger partial charge in [-0.15, -0.1) is 0 Å². The van der Waals surface area contributed by atoms with Gasteiger partial charge in [-0.05, 0) is 36.6 Å². The van der Waals surface area contributed by atoms with Crippen molar-refractivity contribution in [3.8, 4) is 28.3 Å². The number of fused-ring (bicyclic) bond motifs is 1. The first kappa shape index (κ1) is 17.7. The zero-order valence-electron chi connectivity index (χ0n) is 15.9. The topological polar surface area (TPSA) is 30.7 Å². The molecule has 5 rings (SSSR count). The molecule has 0 aliphatic carbocycles. The Kier molecular flexibility index (Phi) is 4.38. The Morgan fingerprint density at radius 3 is 2.28 bits per heavy atom. The van der Waals surface area contributed by atoms with Crippen LogP contribution in [0, 0.1) is 6.92 Å². The first-order chi connectivity index (χ1) is 14.2. The highest BCUT2D eigenvalue weighted by Gasteiger charge is 2.15. The van der Waals surface area contributed by atoms with Crippen LogP contribution in [0.3, 0.4) is 0 Å². The van der Waals surface area contributed by atoms with Crippen LogP contribution in [0.2, 0.25) is 5.02 Å². The molecule has 0 aliphatic rings. The van der Waals surface area contributed by atoms with Gasteiger partial charge in [0.2, 0.25) is 0 Å². The number of aromatic nitrogens is 3. The summed E-state index contributed by atoms with van der Waals surface area (Å²) in [4.78, 5) is 5.03. The van der Waals surface area contributed by atoms with Gasteiger partial charge in [0.15, 0.2) is 5.82 Å². The molecule has 0 fully saturated rings. The second-order valence-electron chi connectivity index (χ2n) is 7.01. The predicted octanol–water partition coefficient (Wildman–Crippen LogP) is 6.72. The summed E-state index contributed by atoms with van der Waals surface area (Å²) in [6.07, 6.45) is 0. The summed E-state index contributed by atoms with van der Waals surface area (Å²) in [5.74, 6) is 0.819. The quantitative estimate of drug-likeness (QED) is 0.339. The normalized spacial score (nSPS) is 11.1. The van der Waals surface area contributed by atoms with Crippen LogP contribution in [0.4, 0.5) is 0 Å². The van der Waals surface area contributed by atoms with E-state index < -0.39 is 0 Å². The summed E-state index contributed by atoms with van der Waals surface area (Å²) in [7, 11) is 0. The molecule has 0 unspecified atom stereocenters. The Hall–Kier alpha value is -3.43. The van der Waals surface area contributed by atoms with Gasteiger partial charge in [0.05, 0.1) is 17.1 Å². The third-order valence-electron chi connectivity index (χ3n) is 4.96. The largest absolute Gasteiger partial charge is 0.228 e. The molecule has 0 saturated heterocycles. The molecule has 3 aromatic carbocycles. The fourth-order valence-electron chi connectivity index (χ4n) is 3.59. The first-order valence-corrected chi connectivity index (χ1v) is 9.85. The number of halogens is 1. The zero-order chi connectivity index (χ0) is 19.8. The molecule has 29 heavy (non-hydrogen) atoms. The second-order valence-corrected chi connectivity index (χ2v) is 7.44. The average molecular weight is 396 g/mol. The van der Waals surface area contributed by atoms with E-state index in [0.717, 1.165) is 44.8 Å². The van der Waals surface area contributed by atoms with Gasteiger partial charge in [-0.1, -0.05) is 78.3 Å². The fourth-order valence-corrected chi connectivity index (χ4v) is 3.71. The molecule has 140 valence electrons. The molecule has 0 radical (unpaired) electrons. The third-order valence-corrected chi connectivity index (χ3v) is 5.21. The molecule has 5 aromatic rings. The molecule has 2 aromatic heterocycles. The van der Waals surface area contributed by atoms with Crippen LogP contribution in [0.5, 0.6) is 0 Å². The van der Waals surface area contributed by atoms with E-state index in [1.807, 2.05) is 66.2 Å². The number of rotatable bonds is 3. The summed E-state index contributed by atoms with van der Waals surface area (Å²) < 4.78 is 1.95. The summed E-state index contributed by atoms with van der Waals surface area (Å²) >= 11 is 6.08. The van der Waals surface area contributed by atoms with Crippen molar-refractivity contribution in [1.29, 1.82) is 0 Å². The number of aryl methyl sites for hydroxylation is 1. The Morgan fingerprint density at radius 1 is 0.759 bits per heavy atom. The molecule has 3 nitrogen and oxygen atoms in total. The molecule has 0 spiro atoms. The molecule has 0 atom stereocenters. The van der Waals surface area contributed by atoms with Gasteiger partial charge < -0.3 is 0 Å². The first-order valence-electron chi connectivity index (χ1n) is 9.47. The molecule has 0 saturated carbocycles. The van der Waals surface area contributed by atoms with Crippen LogP contribution in [0.15, 0.2) is 91.0 Å². The highest BCUT2D eigenvalue weighted by molar-refractivity contribution is 6.30. The maximum atomic E-state index is 6.08. The van der Waals surface area contributed by atoms with Gasteiger partial charge in [0.1, 0.15) is 0 Å². The van der Waals surface area contributed by atoms with E-state index in [1.54, 1.807) is 0 Å². The van der Waals surface area contributed by atoms with Crippen LogP contribution in [0.25, 0.3) is 39.1 Å². The van der Waals surface area contributed by atoms with Gasteiger partial charge in [0, 0.05) is 21.5 Å². The summed E-state index contributed by atoms with van der Waals surface area (Å²) in [5.41, 5.74) is 4.99. The third kappa shape index (κ3) is 3.30. The van der Waals surface area contributed by atoms with Crippen LogP contribution in [0.1, 0.15) is 5.69 Å². The summed E-state index contributed by atoms with van der Waals surface area (Å²) in [6, 6.07) is 30.6. The van der Waals surface area contributed by atoms with E-state index in [9.17, 15) is 0 Å². The Balaban J connectivity index is 1.79. The van der Waals surface area contributed by atoms with Crippen LogP contribution in [-0.4, -0.2) is 14.8 Å². The van der Waals surface area contributed by atoms with Crippen molar-refractivity contribution in [1.82, 2.24) is 14.8 Å². The molecule has 0 N–H and O–H groups in total. The molecule has 0 bridgehead atoms. The average Bonchev–Trinajstić information content (AvgIpc) is 3.15. The van der Waals surface area contributed by atoms with Gasteiger partial charge in [-0.3, -0.25) is 0 Å². The predicted molar refractivity (Wildman–Crippen MR) is 119 cm³/mol. The standard InChI is InChI=1S/C25H18ClN3/c1-17-15-24(19-7-3-2-4-8-19)29(28-17)25-22-10-6-5-9-20(22)16-23(27-25)18-11-13-21(26)14-12-18/h2-16H,1H3. The van der Waals surface area contributed by atoms with Gasteiger partial charge in [0.25, 0.3) is 0 Å². The minimum absolute atomic E-state index is 0.712. The molecule has 0 aliphatic heterocycles. The summed E-state index contributed by atoms with van der Waals surface area (Å²) in [6.45, 7) is 2.01. The summed E-state index contributed by atoms with van der Waals surface area (Å²) in [5, 5.41) is 7.68. The maximum absolute atomic E-state index is 6.08. The van der Waals surface area contributed by atoms with Crippen LogP contribution in [-0.2, 0) is 0 Å². The zero-order valence-corrected chi connectivity index (χ0v) is 16.6. The van der Waals surface area contributed by atoms with E-state index in [2.05, 4.69) is 36.4 Å². The Labute approximate surface area is 174 Å². The van der Waals surface area contributed by atoms with E-state index in [-0.39, 0.29) is 0 Å². The lowest BCUT2D eigenvalue weighted by Crippen LogP contribution is -2.04. The highest BCUT2D eigenvalue weighted by atomic mass is 35.5. The Bertz CT molecular complexity index is 1310. The van der Waals surface area contributed by atoms with Crippen molar-refractivity contribution in [2.24, 2.45) is 0 Å². The smallest absolute Gasteiger partial charge is 0.162 e. The number of pyridine rings is 1. The Morgan fingerprint density at radius 2 is 1.48 bits per heavy atom. The van der Waals surface area contributed by atoms with Crippen molar-refractivity contribution >= 4 is 22.4 Å². The van der Waals surface area contributed by atoms with Crippen LogP contribution < -0.4 is 0 Å². The van der Waals surface area contributed by atoms with E-state index >= 15 is 0 Å².